The Kier molecular flexibility index (Phi) is 8.57. The van der Waals surface area contributed by atoms with E-state index in [1.165, 1.54) is 11.3 Å². The third kappa shape index (κ3) is 6.30. The normalized spacial score (nSPS) is 14.3. The molecule has 1 saturated heterocycles. The first kappa shape index (κ1) is 28.9. The number of carbonyl (C=O) groups excluding carboxylic acids is 3. The van der Waals surface area contributed by atoms with E-state index in [0.29, 0.717) is 66.1 Å². The minimum Gasteiger partial charge on any atom is -0.466 e. The van der Waals surface area contributed by atoms with Crippen molar-refractivity contribution in [2.75, 3.05) is 41.8 Å². The van der Waals surface area contributed by atoms with Gasteiger partial charge < -0.3 is 20.3 Å². The number of nitrogens with zero attached hydrogens (tertiary/aromatic N) is 5. The molecule has 0 bridgehead atoms. The predicted molar refractivity (Wildman–Crippen MR) is 162 cm³/mol. The van der Waals surface area contributed by atoms with Crippen LogP contribution in [0.1, 0.15) is 44.1 Å². The second kappa shape index (κ2) is 12.5. The molecule has 3 amide bonds. The zero-order valence-electron chi connectivity index (χ0n) is 23.6. The molecule has 3 N–H and O–H groups in total. The number of ether oxygens (including phenoxy) is 1. The molecule has 0 atom stereocenters. The molecule has 4 aromatic rings. The van der Waals surface area contributed by atoms with Crippen LogP contribution < -0.4 is 20.9 Å². The molecule has 0 radical (unpaired) electrons. The summed E-state index contributed by atoms with van der Waals surface area (Å²) in [4.78, 5) is 57.5. The summed E-state index contributed by atoms with van der Waals surface area (Å²) in [6.07, 6.45) is 6.33. The number of benzene rings is 1. The number of pyridine rings is 1. The zero-order valence-corrected chi connectivity index (χ0v) is 24.5. The number of piperidine rings is 1. The molecule has 1 aromatic carbocycles. The number of anilines is 3. The number of amides is 3. The molecule has 0 spiro atoms. The fourth-order valence-corrected chi connectivity index (χ4v) is 5.58. The van der Waals surface area contributed by atoms with Gasteiger partial charge in [-0.3, -0.25) is 19.9 Å². The Labute approximate surface area is 246 Å². The van der Waals surface area contributed by atoms with Crippen LogP contribution in [0.25, 0.3) is 21.3 Å². The fourth-order valence-electron chi connectivity index (χ4n) is 4.67. The zero-order chi connectivity index (χ0) is 29.7. The van der Waals surface area contributed by atoms with Crippen LogP contribution in [0.15, 0.2) is 48.9 Å². The first-order valence-electron chi connectivity index (χ1n) is 13.8. The summed E-state index contributed by atoms with van der Waals surface area (Å²) in [7, 11) is 0. The minimum absolute atomic E-state index is 0.159. The van der Waals surface area contributed by atoms with E-state index >= 15 is 0 Å². The number of rotatable bonds is 8. The Balaban J connectivity index is 1.40. The molecular formula is C29H32N8O4S. The maximum Gasteiger partial charge on any atom is 0.321 e. The van der Waals surface area contributed by atoms with Gasteiger partial charge in [0.05, 0.1) is 27.9 Å². The van der Waals surface area contributed by atoms with Gasteiger partial charge in [0.1, 0.15) is 5.69 Å². The van der Waals surface area contributed by atoms with Crippen molar-refractivity contribution >= 4 is 56.2 Å². The molecule has 1 aliphatic rings. The van der Waals surface area contributed by atoms with Crippen molar-refractivity contribution in [3.05, 3.63) is 54.6 Å². The van der Waals surface area contributed by atoms with E-state index < -0.39 is 5.41 Å². The molecule has 12 nitrogen and oxygen atoms in total. The van der Waals surface area contributed by atoms with Gasteiger partial charge in [0.25, 0.3) is 5.91 Å². The molecule has 3 aromatic heterocycles. The summed E-state index contributed by atoms with van der Waals surface area (Å²) in [5.74, 6) is 0.0531. The van der Waals surface area contributed by atoms with Crippen LogP contribution in [0.2, 0.25) is 0 Å². The third-order valence-corrected chi connectivity index (χ3v) is 8.10. The summed E-state index contributed by atoms with van der Waals surface area (Å²) in [5, 5.41) is 8.77. The lowest BCUT2D eigenvalue weighted by Crippen LogP contribution is -2.44. The highest BCUT2D eigenvalue weighted by atomic mass is 32.1. The predicted octanol–water partition coefficient (Wildman–Crippen LogP) is 4.71. The van der Waals surface area contributed by atoms with Crippen molar-refractivity contribution in [3.63, 3.8) is 0 Å². The number of aromatic nitrogens is 4. The van der Waals surface area contributed by atoms with Crippen LogP contribution in [0.3, 0.4) is 0 Å². The molecular weight excluding hydrogens is 556 g/mol. The van der Waals surface area contributed by atoms with Gasteiger partial charge in [0.2, 0.25) is 5.95 Å². The lowest BCUT2D eigenvalue weighted by molar-refractivity contribution is -0.155. The largest absolute Gasteiger partial charge is 0.466 e. The Morgan fingerprint density at radius 1 is 1.02 bits per heavy atom. The van der Waals surface area contributed by atoms with Crippen molar-refractivity contribution in [2.24, 2.45) is 5.41 Å². The maximum atomic E-state index is 13.0. The van der Waals surface area contributed by atoms with Crippen molar-refractivity contribution < 1.29 is 19.1 Å². The minimum atomic E-state index is -0.504. The molecule has 218 valence electrons. The molecule has 0 aliphatic carbocycles. The van der Waals surface area contributed by atoms with Crippen LogP contribution in [0, 0.1) is 5.41 Å². The second-order valence-corrected chi connectivity index (χ2v) is 11.1. The summed E-state index contributed by atoms with van der Waals surface area (Å²) >= 11 is 1.26. The number of urea groups is 1. The van der Waals surface area contributed by atoms with Gasteiger partial charge in [-0.15, -0.1) is 0 Å². The van der Waals surface area contributed by atoms with Crippen LogP contribution >= 0.6 is 11.3 Å². The van der Waals surface area contributed by atoms with Crippen molar-refractivity contribution in [3.8, 4) is 11.1 Å². The Bertz CT molecular complexity index is 1580. The topological polar surface area (TPSA) is 151 Å². The number of hydrogen-bond donors (Lipinski definition) is 3. The molecule has 1 fully saturated rings. The molecule has 42 heavy (non-hydrogen) atoms. The molecule has 13 heteroatoms. The third-order valence-electron chi connectivity index (χ3n) is 7.08. The first-order chi connectivity index (χ1) is 20.3. The fraction of sp³-hybridized carbons (Fsp3) is 0.345. The lowest BCUT2D eigenvalue weighted by Gasteiger charge is -2.37. The average molecular weight is 589 g/mol. The van der Waals surface area contributed by atoms with Crippen molar-refractivity contribution in [2.45, 2.75) is 33.6 Å². The van der Waals surface area contributed by atoms with E-state index in [0.717, 1.165) is 11.1 Å². The molecule has 0 unspecified atom stereocenters. The van der Waals surface area contributed by atoms with Crippen molar-refractivity contribution in [1.29, 1.82) is 0 Å². The van der Waals surface area contributed by atoms with Crippen LogP contribution in [-0.2, 0) is 9.53 Å². The standard InChI is InChI=1S/C29H32N8O4S/c1-4-30-27(40)36-28-35-22-15-18(14-21(23(22)42-28)34-24(38)20-8-6-7-11-31-20)19-16-32-26(33-17-19)37-12-9-29(3,10-13-37)25(39)41-5-2/h6-8,11,14-17H,4-5,9-10,12-13H2,1-3H3,(H,34,38)(H2,30,35,36,40). The molecule has 5 rings (SSSR count). The van der Waals surface area contributed by atoms with Gasteiger partial charge in [-0.25, -0.2) is 19.7 Å². The van der Waals surface area contributed by atoms with Crippen LogP contribution in [0.5, 0.6) is 0 Å². The number of thiazole rings is 1. The smallest absolute Gasteiger partial charge is 0.321 e. The average Bonchev–Trinajstić information content (AvgIpc) is 3.41. The monoisotopic (exact) mass is 588 g/mol. The van der Waals surface area contributed by atoms with Crippen molar-refractivity contribution in [1.82, 2.24) is 25.3 Å². The molecule has 4 heterocycles. The first-order valence-corrected chi connectivity index (χ1v) is 14.6. The summed E-state index contributed by atoms with van der Waals surface area (Å²) in [5.41, 5.74) is 2.37. The summed E-state index contributed by atoms with van der Waals surface area (Å²) < 4.78 is 5.96. The van der Waals surface area contributed by atoms with E-state index in [-0.39, 0.29) is 23.6 Å². The van der Waals surface area contributed by atoms with E-state index in [1.54, 1.807) is 36.8 Å². The van der Waals surface area contributed by atoms with Crippen LogP contribution in [0.4, 0.5) is 21.6 Å². The number of carbonyl (C=O) groups is 3. The van der Waals surface area contributed by atoms with Gasteiger partial charge in [-0.2, -0.15) is 0 Å². The Hall–Kier alpha value is -4.65. The highest BCUT2D eigenvalue weighted by Crippen LogP contribution is 2.37. The second-order valence-electron chi connectivity index (χ2n) is 10.1. The van der Waals surface area contributed by atoms with E-state index in [9.17, 15) is 14.4 Å². The van der Waals surface area contributed by atoms with Gasteiger partial charge in [-0.1, -0.05) is 17.4 Å². The number of hydrogen-bond acceptors (Lipinski definition) is 10. The van der Waals surface area contributed by atoms with Gasteiger partial charge >= 0.3 is 12.0 Å². The molecule has 1 aliphatic heterocycles. The van der Waals surface area contributed by atoms with Gasteiger partial charge in [0, 0.05) is 43.8 Å². The van der Waals surface area contributed by atoms with E-state index in [2.05, 4.69) is 40.8 Å². The summed E-state index contributed by atoms with van der Waals surface area (Å²) in [6.45, 7) is 7.73. The lowest BCUT2D eigenvalue weighted by atomic mass is 9.80. The highest BCUT2D eigenvalue weighted by Gasteiger charge is 2.38. The highest BCUT2D eigenvalue weighted by molar-refractivity contribution is 7.23. The van der Waals surface area contributed by atoms with Gasteiger partial charge in [0.15, 0.2) is 5.13 Å². The SMILES string of the molecule is CCNC(=O)Nc1nc2cc(-c3cnc(N4CCC(C)(C(=O)OCC)CC4)nc3)cc(NC(=O)c3ccccn3)c2s1. The Morgan fingerprint density at radius 2 is 1.79 bits per heavy atom. The number of fused-ring (bicyclic) bond motifs is 1. The Morgan fingerprint density at radius 3 is 2.45 bits per heavy atom. The van der Waals surface area contributed by atoms with Gasteiger partial charge in [-0.05, 0) is 63.4 Å². The number of esters is 1. The maximum absolute atomic E-state index is 13.0. The van der Waals surface area contributed by atoms with E-state index in [1.807, 2.05) is 32.9 Å². The summed E-state index contributed by atoms with van der Waals surface area (Å²) in [6, 6.07) is 8.46. The van der Waals surface area contributed by atoms with Crippen LogP contribution in [-0.4, -0.2) is 64.1 Å². The number of nitrogens with one attached hydrogen (secondary N) is 3. The quantitative estimate of drug-likeness (QED) is 0.249. The molecule has 0 saturated carbocycles. The van der Waals surface area contributed by atoms with E-state index in [4.69, 9.17) is 4.74 Å².